The molecule has 3 aromatic rings. The lowest BCUT2D eigenvalue weighted by molar-refractivity contribution is -0.117. The number of anilines is 2. The van der Waals surface area contributed by atoms with Gasteiger partial charge in [0, 0.05) is 30.8 Å². The number of carbonyl (C=O) groups is 1. The number of nitrogens with two attached hydrogens (primary N) is 1. The Kier molecular flexibility index (Phi) is 10.0. The van der Waals surface area contributed by atoms with Gasteiger partial charge in [-0.25, -0.2) is 0 Å². The number of hydrogen-bond acceptors (Lipinski definition) is 6. The molecule has 0 bridgehead atoms. The molecule has 2 atom stereocenters. The van der Waals surface area contributed by atoms with Gasteiger partial charge in [-0.3, -0.25) is 4.79 Å². The number of rotatable bonds is 11. The van der Waals surface area contributed by atoms with Gasteiger partial charge in [-0.15, -0.1) is 10.2 Å². The zero-order chi connectivity index (χ0) is 24.6. The maximum Gasteiger partial charge on any atom is 0.307 e. The lowest BCUT2D eigenvalue weighted by atomic mass is 10.1. The number of primary amides is 1. The van der Waals surface area contributed by atoms with E-state index in [1.165, 1.54) is 5.56 Å². The van der Waals surface area contributed by atoms with Gasteiger partial charge >= 0.3 is 5.50 Å². The number of nitrogens with zero attached hydrogens (tertiary/aromatic N) is 3. The van der Waals surface area contributed by atoms with Gasteiger partial charge in [0.1, 0.15) is 5.75 Å². The SMILES string of the molecule is CCOc1ccc2c(c1)[SH+]C(N=Nc1ccc(NC(C)Cc3ccccc3)cc1)N2CCC(N)=O.[Cl-]. The number of fused-ring (bicyclic) bond motifs is 1. The lowest BCUT2D eigenvalue weighted by Gasteiger charge is -2.18. The first-order valence-corrected chi connectivity index (χ1v) is 12.8. The summed E-state index contributed by atoms with van der Waals surface area (Å²) in [5, 5.41) is 12.7. The molecule has 0 aromatic heterocycles. The molecular formula is C27H32ClN5O2S. The number of hydrogen-bond donors (Lipinski definition) is 2. The fourth-order valence-corrected chi connectivity index (χ4v) is 5.29. The van der Waals surface area contributed by atoms with Crippen LogP contribution in [0.15, 0.2) is 87.9 Å². The molecule has 0 aliphatic carbocycles. The number of ether oxygens (including phenoxy) is 1. The molecule has 0 spiro atoms. The molecule has 0 saturated heterocycles. The summed E-state index contributed by atoms with van der Waals surface area (Å²) < 4.78 is 5.64. The summed E-state index contributed by atoms with van der Waals surface area (Å²) in [6, 6.07) is 24.7. The Morgan fingerprint density at radius 3 is 2.58 bits per heavy atom. The van der Waals surface area contributed by atoms with Gasteiger partial charge in [0.05, 0.1) is 29.7 Å². The number of nitrogens with one attached hydrogen (secondary N) is 1. The Morgan fingerprint density at radius 1 is 1.14 bits per heavy atom. The summed E-state index contributed by atoms with van der Waals surface area (Å²) in [5.74, 6) is 0.497. The van der Waals surface area contributed by atoms with Crippen molar-refractivity contribution >= 4 is 34.7 Å². The average Bonchev–Trinajstić information content (AvgIpc) is 3.19. The second-order valence-corrected chi connectivity index (χ2v) is 9.67. The Hall–Kier alpha value is -3.23. The van der Waals surface area contributed by atoms with Gasteiger partial charge in [-0.1, -0.05) is 30.3 Å². The number of thiol groups is 1. The number of carbonyl (C=O) groups excluding carboxylic acids is 1. The molecule has 36 heavy (non-hydrogen) atoms. The average molecular weight is 526 g/mol. The molecule has 2 unspecified atom stereocenters. The van der Waals surface area contributed by atoms with Crippen LogP contribution >= 0.6 is 0 Å². The van der Waals surface area contributed by atoms with Crippen LogP contribution < -0.4 is 33.1 Å². The molecule has 1 aliphatic heterocycles. The van der Waals surface area contributed by atoms with Gasteiger partial charge in [0.2, 0.25) is 5.91 Å². The summed E-state index contributed by atoms with van der Waals surface area (Å²) in [7, 11) is 0. The maximum atomic E-state index is 11.4. The molecule has 4 rings (SSSR count). The second-order valence-electron chi connectivity index (χ2n) is 8.47. The molecule has 0 radical (unpaired) electrons. The molecule has 190 valence electrons. The highest BCUT2D eigenvalue weighted by Gasteiger charge is 2.38. The summed E-state index contributed by atoms with van der Waals surface area (Å²) in [4.78, 5) is 14.6. The first-order chi connectivity index (χ1) is 17.0. The van der Waals surface area contributed by atoms with E-state index in [0.29, 0.717) is 19.2 Å². The van der Waals surface area contributed by atoms with Crippen molar-refractivity contribution in [2.45, 2.75) is 43.1 Å². The molecule has 0 saturated carbocycles. The van der Waals surface area contributed by atoms with Crippen LogP contribution in [-0.4, -0.2) is 30.6 Å². The lowest BCUT2D eigenvalue weighted by Crippen LogP contribution is -3.00. The third-order valence-electron chi connectivity index (χ3n) is 5.64. The second kappa shape index (κ2) is 13.2. The van der Waals surface area contributed by atoms with E-state index in [1.807, 2.05) is 55.5 Å². The van der Waals surface area contributed by atoms with Crippen molar-refractivity contribution in [3.05, 3.63) is 78.4 Å². The summed E-state index contributed by atoms with van der Waals surface area (Å²) in [6.45, 7) is 5.25. The quantitative estimate of drug-likeness (QED) is 0.228. The Morgan fingerprint density at radius 2 is 1.89 bits per heavy atom. The highest BCUT2D eigenvalue weighted by molar-refractivity contribution is 7.80. The molecule has 0 fully saturated rings. The first-order valence-electron chi connectivity index (χ1n) is 11.9. The molecule has 3 aromatic carbocycles. The number of amides is 1. The topological polar surface area (TPSA) is 92.3 Å². The Balaban J connectivity index is 0.00000361. The minimum Gasteiger partial charge on any atom is -1.00 e. The zero-order valence-corrected chi connectivity index (χ0v) is 22.1. The molecule has 3 N–H and O–H groups in total. The normalized spacial score (nSPS) is 15.3. The van der Waals surface area contributed by atoms with Crippen molar-refractivity contribution in [1.82, 2.24) is 0 Å². The van der Waals surface area contributed by atoms with E-state index in [9.17, 15) is 4.79 Å². The molecule has 7 nitrogen and oxygen atoms in total. The van der Waals surface area contributed by atoms with Crippen LogP contribution in [0.3, 0.4) is 0 Å². The third-order valence-corrected chi connectivity index (χ3v) is 6.89. The van der Waals surface area contributed by atoms with Crippen LogP contribution in [0.2, 0.25) is 0 Å². The van der Waals surface area contributed by atoms with Crippen LogP contribution in [-0.2, 0) is 23.0 Å². The fraction of sp³-hybridized carbons (Fsp3) is 0.296. The minimum atomic E-state index is -0.332. The Labute approximate surface area is 222 Å². The van der Waals surface area contributed by atoms with Crippen molar-refractivity contribution < 1.29 is 21.9 Å². The molecule has 1 aliphatic rings. The van der Waals surface area contributed by atoms with Gasteiger partial charge in [-0.05, 0) is 62.2 Å². The highest BCUT2D eigenvalue weighted by atomic mass is 35.5. The van der Waals surface area contributed by atoms with Crippen LogP contribution in [0.5, 0.6) is 5.75 Å². The van der Waals surface area contributed by atoms with E-state index in [0.717, 1.165) is 45.9 Å². The van der Waals surface area contributed by atoms with Crippen LogP contribution in [0.25, 0.3) is 0 Å². The van der Waals surface area contributed by atoms with E-state index in [1.54, 1.807) is 0 Å². The summed E-state index contributed by atoms with van der Waals surface area (Å²) in [6.07, 6.45) is 1.21. The largest absolute Gasteiger partial charge is 1.00 e. The molecule has 1 amide bonds. The first kappa shape index (κ1) is 27.4. The molecule has 1 heterocycles. The van der Waals surface area contributed by atoms with Gasteiger partial charge in [-0.2, -0.15) is 0 Å². The van der Waals surface area contributed by atoms with Gasteiger partial charge < -0.3 is 33.1 Å². The monoisotopic (exact) mass is 525 g/mol. The van der Waals surface area contributed by atoms with Crippen LogP contribution in [0.4, 0.5) is 17.1 Å². The fourth-order valence-electron chi connectivity index (χ4n) is 4.03. The molecule has 9 heteroatoms. The van der Waals surface area contributed by atoms with Crippen LogP contribution in [0.1, 0.15) is 25.8 Å². The zero-order valence-electron chi connectivity index (χ0n) is 20.5. The van der Waals surface area contributed by atoms with Crippen LogP contribution in [0, 0.1) is 0 Å². The van der Waals surface area contributed by atoms with Crippen molar-refractivity contribution in [1.29, 1.82) is 0 Å². The predicted molar refractivity (Wildman–Crippen MR) is 144 cm³/mol. The summed E-state index contributed by atoms with van der Waals surface area (Å²) in [5.41, 5.74) is 9.36. The predicted octanol–water partition coefficient (Wildman–Crippen LogP) is 2.07. The summed E-state index contributed by atoms with van der Waals surface area (Å²) >= 11 is 0.999. The maximum absolute atomic E-state index is 11.4. The number of halogens is 1. The number of benzene rings is 3. The number of azo groups is 1. The van der Waals surface area contributed by atoms with Gasteiger partial charge in [0.25, 0.3) is 0 Å². The minimum absolute atomic E-state index is 0. The standard InChI is InChI=1S/C27H31N5O2S.ClH/c1-3-34-23-13-14-24-25(18-23)35-27(32(24)16-15-26(28)33)31-30-22-11-9-21(10-12-22)29-19(2)17-20-7-5-4-6-8-20;/h4-14,18-19,27,29H,3,15-17H2,1-2H3,(H2,28,33);1H. The van der Waals surface area contributed by atoms with Crippen molar-refractivity contribution in [3.8, 4) is 5.75 Å². The highest BCUT2D eigenvalue weighted by Crippen LogP contribution is 2.37. The van der Waals surface area contributed by atoms with Crippen molar-refractivity contribution in [2.75, 3.05) is 23.4 Å². The van der Waals surface area contributed by atoms with E-state index < -0.39 is 0 Å². The van der Waals surface area contributed by atoms with E-state index in [-0.39, 0.29) is 30.2 Å². The van der Waals surface area contributed by atoms with E-state index in [2.05, 4.69) is 51.6 Å². The third kappa shape index (κ3) is 7.38. The van der Waals surface area contributed by atoms with E-state index in [4.69, 9.17) is 10.5 Å². The Bertz CT molecular complexity index is 1160. The van der Waals surface area contributed by atoms with Gasteiger partial charge in [0.15, 0.2) is 4.90 Å². The smallest absolute Gasteiger partial charge is 0.307 e. The van der Waals surface area contributed by atoms with Crippen molar-refractivity contribution in [3.63, 3.8) is 0 Å². The van der Waals surface area contributed by atoms with E-state index >= 15 is 0 Å². The van der Waals surface area contributed by atoms with Crippen molar-refractivity contribution in [2.24, 2.45) is 16.0 Å². The molecular weight excluding hydrogens is 494 g/mol.